The standard InChI is InChI=1S/C23H20N2OS/c1-17-10-8-9-11-18(17)16-21-22(26)25(20-14-6-3-7-15-20)23(27-21)24-19-12-4-2-5-13-19/h2-15,21H,16H2,1H3. The molecule has 27 heavy (non-hydrogen) atoms. The summed E-state index contributed by atoms with van der Waals surface area (Å²) in [6.45, 7) is 2.09. The summed E-state index contributed by atoms with van der Waals surface area (Å²) < 4.78 is 0. The lowest BCUT2D eigenvalue weighted by molar-refractivity contribution is -0.116. The summed E-state index contributed by atoms with van der Waals surface area (Å²) in [6, 6.07) is 27.8. The van der Waals surface area contributed by atoms with Crippen LogP contribution in [-0.4, -0.2) is 16.3 Å². The first-order chi connectivity index (χ1) is 13.2. The highest BCUT2D eigenvalue weighted by Crippen LogP contribution is 2.35. The highest BCUT2D eigenvalue weighted by Gasteiger charge is 2.39. The molecule has 3 aromatic carbocycles. The summed E-state index contributed by atoms with van der Waals surface area (Å²) in [5.74, 6) is 0.0872. The van der Waals surface area contributed by atoms with Gasteiger partial charge in [-0.3, -0.25) is 9.69 Å². The Labute approximate surface area is 163 Å². The van der Waals surface area contributed by atoms with Crippen LogP contribution in [0, 0.1) is 6.92 Å². The van der Waals surface area contributed by atoms with Crippen LogP contribution in [0.25, 0.3) is 0 Å². The Morgan fingerprint density at radius 1 is 0.889 bits per heavy atom. The summed E-state index contributed by atoms with van der Waals surface area (Å²) in [5.41, 5.74) is 4.13. The highest BCUT2D eigenvalue weighted by molar-refractivity contribution is 8.16. The number of aryl methyl sites for hydroxylation is 1. The molecule has 1 amide bonds. The van der Waals surface area contributed by atoms with Gasteiger partial charge in [-0.15, -0.1) is 0 Å². The minimum absolute atomic E-state index is 0.0872. The van der Waals surface area contributed by atoms with E-state index in [0.717, 1.165) is 16.5 Å². The predicted molar refractivity (Wildman–Crippen MR) is 114 cm³/mol. The zero-order chi connectivity index (χ0) is 18.6. The van der Waals surface area contributed by atoms with E-state index in [1.54, 1.807) is 16.7 Å². The van der Waals surface area contributed by atoms with Crippen molar-refractivity contribution in [2.45, 2.75) is 18.6 Å². The number of thioether (sulfide) groups is 1. The summed E-state index contributed by atoms with van der Waals surface area (Å²) in [5, 5.41) is 0.560. The number of rotatable bonds is 4. The van der Waals surface area contributed by atoms with Crippen LogP contribution in [0.3, 0.4) is 0 Å². The molecule has 4 heteroatoms. The number of benzene rings is 3. The molecule has 0 bridgehead atoms. The second kappa shape index (κ2) is 7.80. The van der Waals surface area contributed by atoms with Gasteiger partial charge in [0.15, 0.2) is 5.17 Å². The zero-order valence-corrected chi connectivity index (χ0v) is 15.9. The molecule has 134 valence electrons. The molecule has 0 radical (unpaired) electrons. The Morgan fingerprint density at radius 2 is 1.52 bits per heavy atom. The fourth-order valence-electron chi connectivity index (χ4n) is 3.14. The summed E-state index contributed by atoms with van der Waals surface area (Å²) in [7, 11) is 0. The number of hydrogen-bond donors (Lipinski definition) is 0. The molecule has 1 atom stereocenters. The first-order valence-electron chi connectivity index (χ1n) is 8.96. The van der Waals surface area contributed by atoms with Crippen LogP contribution >= 0.6 is 11.8 Å². The molecule has 4 rings (SSSR count). The zero-order valence-electron chi connectivity index (χ0n) is 15.1. The minimum Gasteiger partial charge on any atom is -0.273 e. The van der Waals surface area contributed by atoms with Gasteiger partial charge < -0.3 is 0 Å². The van der Waals surface area contributed by atoms with Crippen LogP contribution in [-0.2, 0) is 11.2 Å². The van der Waals surface area contributed by atoms with Gasteiger partial charge in [-0.2, -0.15) is 0 Å². The van der Waals surface area contributed by atoms with Crippen molar-refractivity contribution in [3.8, 4) is 0 Å². The van der Waals surface area contributed by atoms with Crippen molar-refractivity contribution in [2.75, 3.05) is 4.90 Å². The fraction of sp³-hybridized carbons (Fsp3) is 0.130. The largest absolute Gasteiger partial charge is 0.273 e. The van der Waals surface area contributed by atoms with Crippen molar-refractivity contribution in [2.24, 2.45) is 4.99 Å². The maximum atomic E-state index is 13.2. The first kappa shape index (κ1) is 17.6. The number of carbonyl (C=O) groups is 1. The second-order valence-corrected chi connectivity index (χ2v) is 7.65. The maximum absolute atomic E-state index is 13.2. The van der Waals surface area contributed by atoms with E-state index < -0.39 is 0 Å². The highest BCUT2D eigenvalue weighted by atomic mass is 32.2. The number of anilines is 1. The Morgan fingerprint density at radius 3 is 2.22 bits per heavy atom. The Bertz CT molecular complexity index is 970. The van der Waals surface area contributed by atoms with E-state index in [1.165, 1.54) is 11.1 Å². The number of nitrogens with zero attached hydrogens (tertiary/aromatic N) is 2. The summed E-state index contributed by atoms with van der Waals surface area (Å²) in [6.07, 6.45) is 0.702. The van der Waals surface area contributed by atoms with Gasteiger partial charge in [-0.05, 0) is 48.7 Å². The molecule has 1 saturated heterocycles. The molecule has 1 aliphatic rings. The number of hydrogen-bond acceptors (Lipinski definition) is 3. The van der Waals surface area contributed by atoms with Gasteiger partial charge in [0.1, 0.15) is 0 Å². The van der Waals surface area contributed by atoms with Crippen LogP contribution in [0.15, 0.2) is 89.9 Å². The van der Waals surface area contributed by atoms with Crippen LogP contribution in [0.4, 0.5) is 11.4 Å². The van der Waals surface area contributed by atoms with Gasteiger partial charge in [-0.25, -0.2) is 4.99 Å². The van der Waals surface area contributed by atoms with E-state index >= 15 is 0 Å². The lowest BCUT2D eigenvalue weighted by atomic mass is 10.0. The quantitative estimate of drug-likeness (QED) is 0.616. The molecule has 0 N–H and O–H groups in total. The van der Waals surface area contributed by atoms with Crippen LogP contribution in [0.2, 0.25) is 0 Å². The van der Waals surface area contributed by atoms with Crippen LogP contribution in [0.1, 0.15) is 11.1 Å². The van der Waals surface area contributed by atoms with Crippen molar-refractivity contribution in [1.29, 1.82) is 0 Å². The lowest BCUT2D eigenvalue weighted by Gasteiger charge is -2.16. The summed E-state index contributed by atoms with van der Waals surface area (Å²) >= 11 is 1.55. The number of aliphatic imine (C=N–C) groups is 1. The van der Waals surface area contributed by atoms with E-state index in [0.29, 0.717) is 6.42 Å². The molecule has 1 unspecified atom stereocenters. The second-order valence-electron chi connectivity index (χ2n) is 6.48. The molecule has 1 fully saturated rings. The molecule has 1 heterocycles. The number of carbonyl (C=O) groups excluding carboxylic acids is 1. The molecule has 1 aliphatic heterocycles. The molecular weight excluding hydrogens is 352 g/mol. The summed E-state index contributed by atoms with van der Waals surface area (Å²) in [4.78, 5) is 19.8. The average molecular weight is 372 g/mol. The van der Waals surface area contributed by atoms with E-state index in [1.807, 2.05) is 72.8 Å². The third-order valence-corrected chi connectivity index (χ3v) is 5.73. The lowest BCUT2D eigenvalue weighted by Crippen LogP contribution is -2.32. The third-order valence-electron chi connectivity index (χ3n) is 4.60. The molecule has 0 spiro atoms. The monoisotopic (exact) mass is 372 g/mol. The topological polar surface area (TPSA) is 32.7 Å². The van der Waals surface area contributed by atoms with Crippen LogP contribution < -0.4 is 4.90 Å². The van der Waals surface area contributed by atoms with E-state index in [4.69, 9.17) is 4.99 Å². The van der Waals surface area contributed by atoms with Gasteiger partial charge in [0, 0.05) is 0 Å². The molecule has 0 aliphatic carbocycles. The number of amides is 1. The van der Waals surface area contributed by atoms with Crippen molar-refractivity contribution in [3.63, 3.8) is 0 Å². The molecule has 0 saturated carbocycles. The van der Waals surface area contributed by atoms with Gasteiger partial charge >= 0.3 is 0 Å². The van der Waals surface area contributed by atoms with E-state index in [2.05, 4.69) is 19.1 Å². The smallest absolute Gasteiger partial charge is 0.247 e. The van der Waals surface area contributed by atoms with Crippen molar-refractivity contribution < 1.29 is 4.79 Å². The van der Waals surface area contributed by atoms with Crippen LogP contribution in [0.5, 0.6) is 0 Å². The Kier molecular flexibility index (Phi) is 5.07. The number of amidine groups is 1. The average Bonchev–Trinajstić information content (AvgIpc) is 3.00. The van der Waals surface area contributed by atoms with E-state index in [-0.39, 0.29) is 11.2 Å². The maximum Gasteiger partial charge on any atom is 0.247 e. The van der Waals surface area contributed by atoms with Gasteiger partial charge in [0.05, 0.1) is 16.6 Å². The van der Waals surface area contributed by atoms with Gasteiger partial charge in [0.25, 0.3) is 0 Å². The molecule has 3 nitrogen and oxygen atoms in total. The van der Waals surface area contributed by atoms with E-state index in [9.17, 15) is 4.79 Å². The SMILES string of the molecule is Cc1ccccc1CC1SC(=Nc2ccccc2)N(c2ccccc2)C1=O. The molecule has 3 aromatic rings. The minimum atomic E-state index is -0.172. The normalized spacial score (nSPS) is 18.3. The van der Waals surface area contributed by atoms with Crippen molar-refractivity contribution in [3.05, 3.63) is 96.1 Å². The van der Waals surface area contributed by atoms with Gasteiger partial charge in [0.2, 0.25) is 5.91 Å². The van der Waals surface area contributed by atoms with Crippen molar-refractivity contribution >= 4 is 34.2 Å². The third kappa shape index (κ3) is 3.81. The van der Waals surface area contributed by atoms with Gasteiger partial charge in [-0.1, -0.05) is 72.4 Å². The predicted octanol–water partition coefficient (Wildman–Crippen LogP) is 5.37. The molecule has 0 aromatic heterocycles. The molecular formula is C23H20N2OS. The number of para-hydroxylation sites is 2. The van der Waals surface area contributed by atoms with Crippen molar-refractivity contribution in [1.82, 2.24) is 0 Å². The fourth-order valence-corrected chi connectivity index (χ4v) is 4.32. The first-order valence-corrected chi connectivity index (χ1v) is 9.84. The Balaban J connectivity index is 1.69. The Hall–Kier alpha value is -2.85.